The highest BCUT2D eigenvalue weighted by Gasteiger charge is 2.14. The number of hydrogen-bond acceptors (Lipinski definition) is 4. The number of carboxylic acid groups (broad SMARTS) is 1. The molecule has 0 radical (unpaired) electrons. The van der Waals surface area contributed by atoms with Crippen molar-refractivity contribution in [1.29, 1.82) is 0 Å². The van der Waals surface area contributed by atoms with Gasteiger partial charge in [-0.15, -0.1) is 0 Å². The first-order chi connectivity index (χ1) is 6.70. The van der Waals surface area contributed by atoms with Gasteiger partial charge in [0, 0.05) is 12.6 Å². The van der Waals surface area contributed by atoms with E-state index in [2.05, 4.69) is 10.6 Å². The summed E-state index contributed by atoms with van der Waals surface area (Å²) in [6, 6.07) is -0.158. The lowest BCUT2D eigenvalue weighted by Crippen LogP contribution is -2.34. The van der Waals surface area contributed by atoms with E-state index in [-0.39, 0.29) is 0 Å². The predicted molar refractivity (Wildman–Crippen MR) is 54.1 cm³/mol. The average Bonchev–Trinajstić information content (AvgIpc) is 2.64. The highest BCUT2D eigenvalue weighted by atomic mass is 16.4. The number of nitrogens with one attached hydrogen (secondary N) is 2. The van der Waals surface area contributed by atoms with Gasteiger partial charge in [-0.3, -0.25) is 4.79 Å². The number of nitrogens with two attached hydrogens (primary N) is 1. The lowest BCUT2D eigenvalue weighted by molar-refractivity contribution is -0.138. The van der Waals surface area contributed by atoms with Crippen molar-refractivity contribution < 1.29 is 9.90 Å². The molecule has 2 unspecified atom stereocenters. The van der Waals surface area contributed by atoms with E-state index in [9.17, 15) is 4.79 Å². The maximum Gasteiger partial charge on any atom is 0.320 e. The molecule has 0 spiro atoms. The predicted octanol–water partition coefficient (Wildman–Crippen LogP) is -0.870. The summed E-state index contributed by atoms with van der Waals surface area (Å²) in [4.78, 5) is 10.4. The molecule has 82 valence electrons. The Hall–Kier alpha value is -0.650. The summed E-state index contributed by atoms with van der Waals surface area (Å²) in [6.45, 7) is 2.95. The van der Waals surface area contributed by atoms with E-state index in [0.29, 0.717) is 12.5 Å². The van der Waals surface area contributed by atoms with Crippen LogP contribution in [0, 0.1) is 0 Å². The third-order valence-electron chi connectivity index (χ3n) is 2.50. The topological polar surface area (TPSA) is 87.4 Å². The van der Waals surface area contributed by atoms with Gasteiger partial charge in [-0.2, -0.15) is 0 Å². The number of hydrogen-bond donors (Lipinski definition) is 4. The fourth-order valence-corrected chi connectivity index (χ4v) is 1.58. The zero-order valence-corrected chi connectivity index (χ0v) is 8.33. The van der Waals surface area contributed by atoms with Crippen LogP contribution in [0.25, 0.3) is 0 Å². The molecule has 5 heteroatoms. The van der Waals surface area contributed by atoms with Crippen molar-refractivity contribution in [2.24, 2.45) is 5.73 Å². The molecule has 1 aliphatic heterocycles. The summed E-state index contributed by atoms with van der Waals surface area (Å²) in [7, 11) is 0. The fourth-order valence-electron chi connectivity index (χ4n) is 1.58. The Morgan fingerprint density at radius 3 is 3.07 bits per heavy atom. The van der Waals surface area contributed by atoms with E-state index in [0.717, 1.165) is 32.5 Å². The molecule has 0 aromatic heterocycles. The van der Waals surface area contributed by atoms with Gasteiger partial charge in [0.25, 0.3) is 0 Å². The minimum absolute atomic E-state index is 0.544. The summed E-state index contributed by atoms with van der Waals surface area (Å²) in [5.74, 6) is -0.910. The zero-order chi connectivity index (χ0) is 10.4. The highest BCUT2D eigenvalue weighted by Crippen LogP contribution is 1.98. The lowest BCUT2D eigenvalue weighted by Gasteiger charge is -2.11. The summed E-state index contributed by atoms with van der Waals surface area (Å²) in [6.07, 6.45) is 2.53. The quantitative estimate of drug-likeness (QED) is 0.420. The lowest BCUT2D eigenvalue weighted by atomic mass is 10.1. The smallest absolute Gasteiger partial charge is 0.320 e. The van der Waals surface area contributed by atoms with E-state index >= 15 is 0 Å². The molecule has 1 heterocycles. The van der Waals surface area contributed by atoms with Crippen molar-refractivity contribution in [2.45, 2.75) is 31.3 Å². The molecule has 0 bridgehead atoms. The van der Waals surface area contributed by atoms with Crippen LogP contribution in [-0.4, -0.2) is 42.8 Å². The van der Waals surface area contributed by atoms with Gasteiger partial charge < -0.3 is 21.5 Å². The van der Waals surface area contributed by atoms with Crippen LogP contribution in [0.5, 0.6) is 0 Å². The third kappa shape index (κ3) is 4.04. The van der Waals surface area contributed by atoms with Gasteiger partial charge in [0.05, 0.1) is 0 Å². The van der Waals surface area contributed by atoms with E-state index < -0.39 is 12.0 Å². The molecule has 14 heavy (non-hydrogen) atoms. The van der Waals surface area contributed by atoms with Crippen molar-refractivity contribution in [1.82, 2.24) is 10.6 Å². The summed E-state index contributed by atoms with van der Waals surface area (Å²) >= 11 is 0. The Morgan fingerprint density at radius 1 is 1.71 bits per heavy atom. The van der Waals surface area contributed by atoms with Crippen LogP contribution in [0.15, 0.2) is 0 Å². The molecule has 2 atom stereocenters. The molecular formula is C9H19N3O2. The molecule has 0 aliphatic carbocycles. The Bertz CT molecular complexity index is 181. The van der Waals surface area contributed by atoms with Crippen LogP contribution in [0.3, 0.4) is 0 Å². The molecule has 5 N–H and O–H groups in total. The highest BCUT2D eigenvalue weighted by molar-refractivity contribution is 5.72. The zero-order valence-electron chi connectivity index (χ0n) is 8.33. The molecule has 1 rings (SSSR count). The van der Waals surface area contributed by atoms with Gasteiger partial charge in [-0.1, -0.05) is 0 Å². The van der Waals surface area contributed by atoms with Crippen molar-refractivity contribution in [2.75, 3.05) is 19.6 Å². The SMILES string of the molecule is NC(CCCNC1CCNC1)C(=O)O. The second kappa shape index (κ2) is 5.95. The molecule has 0 saturated carbocycles. The largest absolute Gasteiger partial charge is 0.480 e. The molecule has 1 saturated heterocycles. The number of rotatable bonds is 6. The van der Waals surface area contributed by atoms with E-state index in [1.54, 1.807) is 0 Å². The fraction of sp³-hybridized carbons (Fsp3) is 0.889. The standard InChI is InChI=1S/C9H19N3O2/c10-8(9(13)14)2-1-4-12-7-3-5-11-6-7/h7-8,11-12H,1-6,10H2,(H,13,14). The van der Waals surface area contributed by atoms with Gasteiger partial charge in [0.2, 0.25) is 0 Å². The molecule has 5 nitrogen and oxygen atoms in total. The van der Waals surface area contributed by atoms with Crippen molar-refractivity contribution >= 4 is 5.97 Å². The van der Waals surface area contributed by atoms with Crippen LogP contribution < -0.4 is 16.4 Å². The van der Waals surface area contributed by atoms with E-state index in [1.807, 2.05) is 0 Å². The van der Waals surface area contributed by atoms with E-state index in [1.165, 1.54) is 0 Å². The van der Waals surface area contributed by atoms with Crippen LogP contribution in [0.4, 0.5) is 0 Å². The summed E-state index contributed by atoms with van der Waals surface area (Å²) in [5.41, 5.74) is 5.37. The Labute approximate surface area is 84.0 Å². The minimum Gasteiger partial charge on any atom is -0.480 e. The van der Waals surface area contributed by atoms with E-state index in [4.69, 9.17) is 10.8 Å². The van der Waals surface area contributed by atoms with Gasteiger partial charge in [0.15, 0.2) is 0 Å². The first-order valence-corrected chi connectivity index (χ1v) is 5.12. The Morgan fingerprint density at radius 2 is 2.50 bits per heavy atom. The average molecular weight is 201 g/mol. The van der Waals surface area contributed by atoms with Crippen LogP contribution >= 0.6 is 0 Å². The minimum atomic E-state index is -0.910. The normalized spacial score (nSPS) is 23.6. The molecule has 1 aliphatic rings. The van der Waals surface area contributed by atoms with Crippen molar-refractivity contribution in [3.8, 4) is 0 Å². The maximum atomic E-state index is 10.4. The van der Waals surface area contributed by atoms with Gasteiger partial charge in [-0.25, -0.2) is 0 Å². The maximum absolute atomic E-state index is 10.4. The Balaban J connectivity index is 1.95. The second-order valence-corrected chi connectivity index (χ2v) is 3.73. The van der Waals surface area contributed by atoms with Crippen LogP contribution in [-0.2, 0) is 4.79 Å². The first-order valence-electron chi connectivity index (χ1n) is 5.12. The Kier molecular flexibility index (Phi) is 4.86. The molecule has 0 aromatic carbocycles. The number of carbonyl (C=O) groups is 1. The first kappa shape index (κ1) is 11.4. The molecule has 0 amide bonds. The van der Waals surface area contributed by atoms with Crippen molar-refractivity contribution in [3.05, 3.63) is 0 Å². The summed E-state index contributed by atoms with van der Waals surface area (Å²) < 4.78 is 0. The van der Waals surface area contributed by atoms with Gasteiger partial charge in [-0.05, 0) is 32.4 Å². The van der Waals surface area contributed by atoms with Crippen LogP contribution in [0.1, 0.15) is 19.3 Å². The van der Waals surface area contributed by atoms with Crippen LogP contribution in [0.2, 0.25) is 0 Å². The monoisotopic (exact) mass is 201 g/mol. The molecule has 0 aromatic rings. The molecule has 1 fully saturated rings. The van der Waals surface area contributed by atoms with Gasteiger partial charge >= 0.3 is 5.97 Å². The summed E-state index contributed by atoms with van der Waals surface area (Å²) in [5, 5.41) is 15.2. The van der Waals surface area contributed by atoms with Crippen molar-refractivity contribution in [3.63, 3.8) is 0 Å². The number of aliphatic carboxylic acids is 1. The molecular weight excluding hydrogens is 182 g/mol. The van der Waals surface area contributed by atoms with Gasteiger partial charge in [0.1, 0.15) is 6.04 Å². The second-order valence-electron chi connectivity index (χ2n) is 3.73. The number of carboxylic acids is 1. The third-order valence-corrected chi connectivity index (χ3v) is 2.50.